The maximum Gasteiger partial charge on any atom is 0.205 e. The largest absolute Gasteiger partial charge is 0.288 e. The third-order valence-corrected chi connectivity index (χ3v) is 7.61. The van der Waals surface area contributed by atoms with Crippen molar-refractivity contribution >= 4 is 63.0 Å². The highest BCUT2D eigenvalue weighted by molar-refractivity contribution is 7.36. The molecule has 5 rings (SSSR count). The van der Waals surface area contributed by atoms with E-state index < -0.39 is 0 Å². The van der Waals surface area contributed by atoms with E-state index in [1.807, 2.05) is 13.8 Å². The van der Waals surface area contributed by atoms with Crippen molar-refractivity contribution in [3.63, 3.8) is 0 Å². The van der Waals surface area contributed by atoms with Crippen LogP contribution in [0.25, 0.3) is 40.3 Å². The Morgan fingerprint density at radius 2 is 0.821 bits per heavy atom. The van der Waals surface area contributed by atoms with Gasteiger partial charge in [0.25, 0.3) is 0 Å². The van der Waals surface area contributed by atoms with Crippen molar-refractivity contribution in [1.82, 2.24) is 0 Å². The third-order valence-electron chi connectivity index (χ3n) is 4.97. The summed E-state index contributed by atoms with van der Waals surface area (Å²) < 4.78 is 0.955. The predicted octanol–water partition coefficient (Wildman–Crippen LogP) is 3.92. The molecule has 0 aliphatic carbocycles. The van der Waals surface area contributed by atoms with Gasteiger partial charge < -0.3 is 0 Å². The lowest BCUT2D eigenvalue weighted by Crippen LogP contribution is -2.15. The fourth-order valence-corrected chi connectivity index (χ4v) is 6.02. The summed E-state index contributed by atoms with van der Waals surface area (Å²) in [5, 5.41) is 1.40. The van der Waals surface area contributed by atoms with Crippen LogP contribution in [0.15, 0.2) is 55.6 Å². The standard InChI is InChI=1S/C22H12O4S2/c1-9-3-5-11-13(7-9)17(25)21-19(15(11)23)28-22-18(26)14-8-10(2)4-6-12(14)16(24)20(22)27-21/h3-8H,1-2H3. The number of benzene rings is 4. The van der Waals surface area contributed by atoms with Gasteiger partial charge in [-0.1, -0.05) is 23.3 Å². The molecule has 0 N–H and O–H groups in total. The molecule has 4 aromatic carbocycles. The Labute approximate surface area is 165 Å². The minimum Gasteiger partial charge on any atom is -0.288 e. The molecule has 0 radical (unpaired) electrons. The van der Waals surface area contributed by atoms with Crippen molar-refractivity contribution < 1.29 is 0 Å². The van der Waals surface area contributed by atoms with Crippen LogP contribution in [0.1, 0.15) is 11.1 Å². The van der Waals surface area contributed by atoms with Crippen LogP contribution in [0.5, 0.6) is 0 Å². The minimum absolute atomic E-state index is 0.238. The zero-order valence-corrected chi connectivity index (χ0v) is 16.5. The highest BCUT2D eigenvalue weighted by Crippen LogP contribution is 2.29. The molecule has 6 heteroatoms. The second-order valence-corrected chi connectivity index (χ2v) is 8.98. The summed E-state index contributed by atoms with van der Waals surface area (Å²) in [6, 6.07) is 10.3. The smallest absolute Gasteiger partial charge is 0.205 e. The molecule has 0 bridgehead atoms. The Bertz CT molecular complexity index is 1580. The maximum absolute atomic E-state index is 13.0. The molecule has 0 aliphatic rings. The molecule has 0 aliphatic heterocycles. The van der Waals surface area contributed by atoms with E-state index in [4.69, 9.17) is 0 Å². The van der Waals surface area contributed by atoms with Crippen LogP contribution in [0, 0.1) is 13.8 Å². The van der Waals surface area contributed by atoms with Crippen molar-refractivity contribution in [3.8, 4) is 0 Å². The number of fused-ring (bicyclic) bond motifs is 4. The lowest BCUT2D eigenvalue weighted by Gasteiger charge is -2.04. The highest BCUT2D eigenvalue weighted by Gasteiger charge is 2.18. The van der Waals surface area contributed by atoms with Gasteiger partial charge in [0.1, 0.15) is 0 Å². The molecule has 0 saturated heterocycles. The second kappa shape index (κ2) is 5.77. The topological polar surface area (TPSA) is 68.3 Å². The predicted molar refractivity (Wildman–Crippen MR) is 118 cm³/mol. The molecule has 0 atom stereocenters. The van der Waals surface area contributed by atoms with Gasteiger partial charge in [0.15, 0.2) is 0 Å². The molecule has 136 valence electrons. The van der Waals surface area contributed by atoms with E-state index in [0.29, 0.717) is 21.5 Å². The van der Waals surface area contributed by atoms with E-state index in [-0.39, 0.29) is 40.5 Å². The fraction of sp³-hybridized carbons (Fsp3) is 0.0909. The first-order valence-corrected chi connectivity index (χ1v) is 10.2. The van der Waals surface area contributed by atoms with Crippen LogP contribution < -0.4 is 21.7 Å². The van der Waals surface area contributed by atoms with Gasteiger partial charge in [0.05, 0.1) is 18.8 Å². The van der Waals surface area contributed by atoms with E-state index >= 15 is 0 Å². The van der Waals surface area contributed by atoms with Gasteiger partial charge in [0.2, 0.25) is 21.7 Å². The van der Waals surface area contributed by atoms with E-state index in [1.54, 1.807) is 36.4 Å². The van der Waals surface area contributed by atoms with Crippen molar-refractivity contribution in [1.29, 1.82) is 0 Å². The lowest BCUT2D eigenvalue weighted by atomic mass is 10.1. The summed E-state index contributed by atoms with van der Waals surface area (Å²) in [6.07, 6.45) is 0. The summed E-state index contributed by atoms with van der Waals surface area (Å²) in [5.74, 6) is 0. The van der Waals surface area contributed by atoms with Crippen molar-refractivity contribution in [2.45, 2.75) is 13.8 Å². The van der Waals surface area contributed by atoms with Gasteiger partial charge in [-0.05, 0) is 38.1 Å². The van der Waals surface area contributed by atoms with Gasteiger partial charge in [-0.2, -0.15) is 0 Å². The fourth-order valence-electron chi connectivity index (χ4n) is 3.56. The first kappa shape index (κ1) is 17.2. The normalized spacial score (nSPS) is 11.8. The summed E-state index contributed by atoms with van der Waals surface area (Å²) in [6.45, 7) is 3.71. The average molecular weight is 404 g/mol. The number of hydrogen-bond acceptors (Lipinski definition) is 6. The van der Waals surface area contributed by atoms with Gasteiger partial charge in [-0.25, -0.2) is 0 Å². The van der Waals surface area contributed by atoms with Gasteiger partial charge in [-0.3, -0.25) is 19.2 Å². The number of aryl methyl sites for hydroxylation is 2. The van der Waals surface area contributed by atoms with Crippen molar-refractivity contribution in [2.75, 3.05) is 0 Å². The zero-order valence-electron chi connectivity index (χ0n) is 14.9. The molecule has 1 aromatic heterocycles. The number of rotatable bonds is 0. The number of hydrogen-bond donors (Lipinski definition) is 0. The Morgan fingerprint density at radius 1 is 0.500 bits per heavy atom. The van der Waals surface area contributed by atoms with E-state index in [9.17, 15) is 19.2 Å². The molecular weight excluding hydrogens is 392 g/mol. The van der Waals surface area contributed by atoms with E-state index in [2.05, 4.69) is 0 Å². The molecule has 28 heavy (non-hydrogen) atoms. The average Bonchev–Trinajstić information content (AvgIpc) is 2.69. The molecule has 0 fully saturated rings. The molecule has 0 spiro atoms. The Hall–Kier alpha value is -2.96. The van der Waals surface area contributed by atoms with Crippen LogP contribution in [-0.2, 0) is 0 Å². The van der Waals surface area contributed by atoms with E-state index in [0.717, 1.165) is 33.8 Å². The molecule has 0 saturated carbocycles. The maximum atomic E-state index is 13.0. The minimum atomic E-state index is -0.274. The summed E-state index contributed by atoms with van der Waals surface area (Å²) >= 11 is 1.92. The molecule has 4 nitrogen and oxygen atoms in total. The van der Waals surface area contributed by atoms with Crippen LogP contribution in [0.2, 0.25) is 0 Å². The SMILES string of the molecule is Cc1ccc2c(=O)c3sc4c(=O)c5cc(C)ccc5c(=O)c4sc3c(=O)c2c1. The Kier molecular flexibility index (Phi) is 3.53. The quantitative estimate of drug-likeness (QED) is 0.367. The second-order valence-electron chi connectivity index (χ2n) is 6.94. The molecule has 0 unspecified atom stereocenters. The first-order chi connectivity index (χ1) is 13.4. The Morgan fingerprint density at radius 3 is 1.18 bits per heavy atom. The van der Waals surface area contributed by atoms with Crippen LogP contribution in [0.4, 0.5) is 0 Å². The van der Waals surface area contributed by atoms with Crippen LogP contribution >= 0.6 is 22.7 Å². The third kappa shape index (κ3) is 2.22. The monoisotopic (exact) mass is 404 g/mol. The Balaban J connectivity index is 2.12. The van der Waals surface area contributed by atoms with Gasteiger partial charge >= 0.3 is 0 Å². The molecule has 5 aromatic rings. The van der Waals surface area contributed by atoms with Crippen LogP contribution in [0.3, 0.4) is 0 Å². The summed E-state index contributed by atoms with van der Waals surface area (Å²) in [7, 11) is 0. The molecular formula is C22H12O4S2. The zero-order chi connectivity index (χ0) is 19.7. The first-order valence-electron chi connectivity index (χ1n) is 8.61. The molecule has 1 heterocycles. The van der Waals surface area contributed by atoms with Gasteiger partial charge in [-0.15, -0.1) is 22.7 Å². The van der Waals surface area contributed by atoms with Crippen molar-refractivity contribution in [3.05, 3.63) is 88.4 Å². The van der Waals surface area contributed by atoms with Crippen molar-refractivity contribution in [2.24, 2.45) is 0 Å². The van der Waals surface area contributed by atoms with E-state index in [1.165, 1.54) is 0 Å². The summed E-state index contributed by atoms with van der Waals surface area (Å²) in [4.78, 5) is 52.1. The van der Waals surface area contributed by atoms with Gasteiger partial charge in [0, 0.05) is 21.5 Å². The van der Waals surface area contributed by atoms with Crippen LogP contribution in [-0.4, -0.2) is 0 Å². The lowest BCUT2D eigenvalue weighted by molar-refractivity contribution is 1.50. The highest BCUT2D eigenvalue weighted by atomic mass is 32.1. The molecule has 0 amide bonds. The summed E-state index contributed by atoms with van der Waals surface area (Å²) in [5.41, 5.74) is 0.670.